The molecule has 18 heavy (non-hydrogen) atoms. The number of benzene rings is 1. The van der Waals surface area contributed by atoms with Crippen LogP contribution in [0.25, 0.3) is 0 Å². The lowest BCUT2D eigenvalue weighted by molar-refractivity contribution is -0.0766. The maximum absolute atomic E-state index is 12.1. The van der Waals surface area contributed by atoms with E-state index in [4.69, 9.17) is 4.74 Å². The highest BCUT2D eigenvalue weighted by Crippen LogP contribution is 2.46. The van der Waals surface area contributed by atoms with Crippen LogP contribution in [0, 0.1) is 0 Å². The maximum atomic E-state index is 12.1. The topological polar surface area (TPSA) is 66.8 Å². The minimum atomic E-state index is -0.956. The van der Waals surface area contributed by atoms with E-state index >= 15 is 0 Å². The number of ketones is 1. The summed E-state index contributed by atoms with van der Waals surface area (Å²) in [5.74, 6) is -0.274. The fraction of sp³-hybridized carbons (Fsp3) is 0.357. The van der Waals surface area contributed by atoms with E-state index in [1.807, 2.05) is 13.0 Å². The van der Waals surface area contributed by atoms with Gasteiger partial charge in [-0.25, -0.2) is 0 Å². The number of ether oxygens (including phenoxy) is 1. The third kappa shape index (κ3) is 1.43. The number of aliphatic hydroxyl groups is 1. The minimum absolute atomic E-state index is 0.0656. The van der Waals surface area contributed by atoms with Crippen molar-refractivity contribution in [1.82, 2.24) is 0 Å². The number of hydrogen-bond acceptors (Lipinski definition) is 4. The molecule has 1 aromatic carbocycles. The third-order valence-corrected chi connectivity index (χ3v) is 3.61. The molecule has 3 rings (SSSR count). The van der Waals surface area contributed by atoms with Crippen molar-refractivity contribution in [3.63, 3.8) is 0 Å². The molecule has 94 valence electrons. The largest absolute Gasteiger partial charge is 0.507 e. The molecule has 1 aromatic rings. The Morgan fingerprint density at radius 3 is 2.89 bits per heavy atom. The lowest BCUT2D eigenvalue weighted by atomic mass is 9.77. The van der Waals surface area contributed by atoms with Crippen LogP contribution < -0.4 is 0 Å². The molecule has 0 saturated heterocycles. The summed E-state index contributed by atoms with van der Waals surface area (Å²) in [5.41, 5.74) is 0.710. The number of carbonyl (C=O) groups excluding carboxylic acids is 1. The molecular weight excluding hydrogens is 232 g/mol. The van der Waals surface area contributed by atoms with E-state index in [0.717, 1.165) is 5.57 Å². The second kappa shape index (κ2) is 3.67. The Labute approximate surface area is 105 Å². The molecule has 4 nitrogen and oxygen atoms in total. The second-order valence-corrected chi connectivity index (χ2v) is 4.98. The van der Waals surface area contributed by atoms with Crippen molar-refractivity contribution in [3.8, 4) is 5.75 Å². The molecular formula is C14H14O4. The van der Waals surface area contributed by atoms with Crippen molar-refractivity contribution in [2.75, 3.05) is 6.61 Å². The van der Waals surface area contributed by atoms with Gasteiger partial charge in [-0.3, -0.25) is 4.79 Å². The number of carbonyl (C=O) groups is 1. The van der Waals surface area contributed by atoms with Gasteiger partial charge in [0.25, 0.3) is 0 Å². The van der Waals surface area contributed by atoms with Gasteiger partial charge in [0.1, 0.15) is 17.5 Å². The Balaban J connectivity index is 2.16. The Hall–Kier alpha value is -1.65. The number of phenolic OH excluding ortho intramolecular Hbond substituents is 1. The Bertz CT molecular complexity index is 561. The summed E-state index contributed by atoms with van der Waals surface area (Å²) in [6.07, 6.45) is 0.966. The van der Waals surface area contributed by atoms with Gasteiger partial charge in [0.05, 0.1) is 12.2 Å². The first-order chi connectivity index (χ1) is 8.53. The molecule has 0 unspecified atom stereocenters. The second-order valence-electron chi connectivity index (χ2n) is 4.98. The molecule has 2 atom stereocenters. The fourth-order valence-electron chi connectivity index (χ4n) is 2.80. The molecule has 0 amide bonds. The minimum Gasteiger partial charge on any atom is -0.507 e. The first-order valence-corrected chi connectivity index (χ1v) is 5.89. The summed E-state index contributed by atoms with van der Waals surface area (Å²) < 4.78 is 5.63. The van der Waals surface area contributed by atoms with Crippen LogP contribution in [-0.4, -0.2) is 28.2 Å². The van der Waals surface area contributed by atoms with Crippen LogP contribution in [0.2, 0.25) is 0 Å². The number of hydrogen-bond donors (Lipinski definition) is 2. The lowest BCUT2D eigenvalue weighted by Crippen LogP contribution is -2.41. The molecule has 0 saturated carbocycles. The van der Waals surface area contributed by atoms with Gasteiger partial charge in [-0.2, -0.15) is 0 Å². The predicted molar refractivity (Wildman–Crippen MR) is 64.5 cm³/mol. The maximum Gasteiger partial charge on any atom is 0.170 e. The smallest absolute Gasteiger partial charge is 0.170 e. The quantitative estimate of drug-likeness (QED) is 0.684. The van der Waals surface area contributed by atoms with E-state index < -0.39 is 11.7 Å². The standard InChI is InChI=1S/C14H14O4/c1-8-5-14(18-7-8)6-11(16)12-9(13(14)17)3-2-4-10(12)15/h2-5,13,15,17H,6-7H2,1H3/t13-,14+/m0/s1. The zero-order valence-corrected chi connectivity index (χ0v) is 10.0. The summed E-state index contributed by atoms with van der Waals surface area (Å²) in [5, 5.41) is 20.2. The molecule has 0 fully saturated rings. The normalized spacial score (nSPS) is 30.4. The van der Waals surface area contributed by atoms with Crippen molar-refractivity contribution in [3.05, 3.63) is 41.0 Å². The molecule has 0 aromatic heterocycles. The van der Waals surface area contributed by atoms with Crippen molar-refractivity contribution in [1.29, 1.82) is 0 Å². The third-order valence-electron chi connectivity index (χ3n) is 3.61. The van der Waals surface area contributed by atoms with Crippen LogP contribution in [0.4, 0.5) is 0 Å². The first-order valence-electron chi connectivity index (χ1n) is 5.89. The predicted octanol–water partition coefficient (Wildman–Crippen LogP) is 1.73. The lowest BCUT2D eigenvalue weighted by Gasteiger charge is -2.36. The number of phenols is 1. The molecule has 1 heterocycles. The average Bonchev–Trinajstić information content (AvgIpc) is 2.68. The average molecular weight is 246 g/mol. The molecule has 0 bridgehead atoms. The highest BCUT2D eigenvalue weighted by atomic mass is 16.5. The monoisotopic (exact) mass is 246 g/mol. The number of Topliss-reactive ketones (excluding diaryl/α,β-unsaturated/α-hetero) is 1. The molecule has 0 radical (unpaired) electrons. The van der Waals surface area contributed by atoms with Crippen LogP contribution in [0.3, 0.4) is 0 Å². The Morgan fingerprint density at radius 2 is 2.22 bits per heavy atom. The van der Waals surface area contributed by atoms with Gasteiger partial charge in [0.2, 0.25) is 0 Å². The van der Waals surface area contributed by atoms with Crippen molar-refractivity contribution < 1.29 is 19.7 Å². The van der Waals surface area contributed by atoms with Gasteiger partial charge < -0.3 is 14.9 Å². The van der Waals surface area contributed by atoms with Crippen LogP contribution in [0.1, 0.15) is 35.4 Å². The number of aromatic hydroxyl groups is 1. The molecule has 1 aliphatic carbocycles. The summed E-state index contributed by atoms with van der Waals surface area (Å²) in [6.45, 7) is 2.34. The Kier molecular flexibility index (Phi) is 2.33. The molecule has 4 heteroatoms. The zero-order valence-electron chi connectivity index (χ0n) is 10.0. The number of rotatable bonds is 0. The van der Waals surface area contributed by atoms with E-state index in [9.17, 15) is 15.0 Å². The number of aliphatic hydroxyl groups excluding tert-OH is 1. The summed E-state index contributed by atoms with van der Waals surface area (Å²) >= 11 is 0. The SMILES string of the molecule is CC1=C[C@]2(CC(=O)c3c(O)cccc3[C@@H]2O)OC1. The summed E-state index contributed by atoms with van der Waals surface area (Å²) in [4.78, 5) is 12.1. The van der Waals surface area contributed by atoms with Gasteiger partial charge in [0.15, 0.2) is 5.78 Å². The first kappa shape index (κ1) is 11.4. The Morgan fingerprint density at radius 1 is 1.44 bits per heavy atom. The van der Waals surface area contributed by atoms with E-state index in [-0.39, 0.29) is 23.5 Å². The molecule has 2 N–H and O–H groups in total. The van der Waals surface area contributed by atoms with Gasteiger partial charge in [-0.1, -0.05) is 12.1 Å². The molecule has 2 aliphatic rings. The van der Waals surface area contributed by atoms with Crippen molar-refractivity contribution >= 4 is 5.78 Å². The van der Waals surface area contributed by atoms with Crippen LogP contribution in [0.15, 0.2) is 29.8 Å². The van der Waals surface area contributed by atoms with Crippen molar-refractivity contribution in [2.24, 2.45) is 0 Å². The highest BCUT2D eigenvalue weighted by molar-refractivity contribution is 6.02. The zero-order chi connectivity index (χ0) is 12.9. The van der Waals surface area contributed by atoms with Gasteiger partial charge >= 0.3 is 0 Å². The van der Waals surface area contributed by atoms with Gasteiger partial charge in [0, 0.05) is 6.42 Å². The van der Waals surface area contributed by atoms with Gasteiger partial charge in [-0.05, 0) is 30.2 Å². The van der Waals surface area contributed by atoms with Crippen LogP contribution in [0.5, 0.6) is 5.75 Å². The fourth-order valence-corrected chi connectivity index (χ4v) is 2.80. The van der Waals surface area contributed by atoms with Gasteiger partial charge in [-0.15, -0.1) is 0 Å². The number of fused-ring (bicyclic) bond motifs is 1. The summed E-state index contributed by atoms with van der Waals surface area (Å²) in [6, 6.07) is 4.73. The van der Waals surface area contributed by atoms with Crippen LogP contribution in [-0.2, 0) is 4.74 Å². The highest BCUT2D eigenvalue weighted by Gasteiger charge is 2.48. The van der Waals surface area contributed by atoms with E-state index in [1.165, 1.54) is 6.07 Å². The van der Waals surface area contributed by atoms with Crippen LogP contribution >= 0.6 is 0 Å². The summed E-state index contributed by atoms with van der Waals surface area (Å²) in [7, 11) is 0. The molecule has 1 spiro atoms. The van der Waals surface area contributed by atoms with E-state index in [2.05, 4.69) is 0 Å². The van der Waals surface area contributed by atoms with E-state index in [0.29, 0.717) is 12.2 Å². The molecule has 1 aliphatic heterocycles. The van der Waals surface area contributed by atoms with E-state index in [1.54, 1.807) is 12.1 Å². The van der Waals surface area contributed by atoms with Crippen molar-refractivity contribution in [2.45, 2.75) is 25.0 Å².